The van der Waals surface area contributed by atoms with E-state index in [1.807, 2.05) is 43.5 Å². The van der Waals surface area contributed by atoms with Crippen LogP contribution in [0.3, 0.4) is 0 Å². The number of benzene rings is 1. The van der Waals surface area contributed by atoms with Crippen molar-refractivity contribution in [2.24, 2.45) is 11.7 Å². The molecule has 1 heterocycles. The number of carbonyl (C=O) groups excluding carboxylic acids is 1. The molecular weight excluding hydrogens is 294 g/mol. The van der Waals surface area contributed by atoms with Crippen LogP contribution >= 0.6 is 23.7 Å². The Morgan fingerprint density at radius 2 is 2.25 bits per heavy atom. The molecule has 0 fully saturated rings. The minimum absolute atomic E-state index is 0. The van der Waals surface area contributed by atoms with Crippen LogP contribution in [0.15, 0.2) is 29.6 Å². The summed E-state index contributed by atoms with van der Waals surface area (Å²) < 4.78 is 0. The Hall–Kier alpha value is -1.43. The Kier molecular flexibility index (Phi) is 6.13. The van der Waals surface area contributed by atoms with Crippen LogP contribution in [0.25, 0.3) is 11.3 Å². The summed E-state index contributed by atoms with van der Waals surface area (Å²) in [6.07, 6.45) is 0. The zero-order chi connectivity index (χ0) is 13.8. The van der Waals surface area contributed by atoms with Crippen LogP contribution in [-0.2, 0) is 4.79 Å². The van der Waals surface area contributed by atoms with Crippen LogP contribution in [0.4, 0.5) is 5.69 Å². The van der Waals surface area contributed by atoms with Gasteiger partial charge in [0.25, 0.3) is 0 Å². The molecule has 0 aliphatic heterocycles. The number of hydrogen-bond donors (Lipinski definition) is 2. The average Bonchev–Trinajstić information content (AvgIpc) is 2.84. The van der Waals surface area contributed by atoms with Crippen molar-refractivity contribution in [3.05, 3.63) is 34.7 Å². The van der Waals surface area contributed by atoms with Crippen LogP contribution in [-0.4, -0.2) is 17.4 Å². The van der Waals surface area contributed by atoms with Crippen molar-refractivity contribution < 1.29 is 4.79 Å². The number of halogens is 1. The van der Waals surface area contributed by atoms with Crippen LogP contribution in [0.2, 0.25) is 0 Å². The van der Waals surface area contributed by atoms with E-state index < -0.39 is 0 Å². The van der Waals surface area contributed by atoms with E-state index in [1.54, 1.807) is 11.3 Å². The summed E-state index contributed by atoms with van der Waals surface area (Å²) in [7, 11) is 0. The van der Waals surface area contributed by atoms with E-state index in [2.05, 4.69) is 10.3 Å². The largest absolute Gasteiger partial charge is 0.330 e. The van der Waals surface area contributed by atoms with Crippen molar-refractivity contribution in [1.82, 2.24) is 4.98 Å². The monoisotopic (exact) mass is 311 g/mol. The van der Waals surface area contributed by atoms with E-state index in [4.69, 9.17) is 5.73 Å². The molecule has 1 aromatic heterocycles. The van der Waals surface area contributed by atoms with E-state index in [0.717, 1.165) is 22.0 Å². The lowest BCUT2D eigenvalue weighted by Gasteiger charge is -2.10. The Bertz CT molecular complexity index is 585. The lowest BCUT2D eigenvalue weighted by molar-refractivity contribution is -0.119. The number of amides is 1. The molecule has 2 rings (SSSR count). The van der Waals surface area contributed by atoms with Gasteiger partial charge < -0.3 is 11.1 Å². The third kappa shape index (κ3) is 4.03. The summed E-state index contributed by atoms with van der Waals surface area (Å²) in [4.78, 5) is 16.2. The molecule has 0 saturated heterocycles. The maximum absolute atomic E-state index is 11.8. The second kappa shape index (κ2) is 7.38. The molecule has 0 radical (unpaired) electrons. The number of nitrogens with zero attached hydrogens (tertiary/aromatic N) is 1. The highest BCUT2D eigenvalue weighted by molar-refractivity contribution is 7.09. The standard InChI is InChI=1S/C14H17N3OS.ClH/c1-9(7-15)14(18)17-12-5-3-4-11(6-12)13-8-19-10(2)16-13;/h3-6,8-9H,7,15H2,1-2H3,(H,17,18);1H. The minimum Gasteiger partial charge on any atom is -0.330 e. The molecule has 2 aromatic rings. The summed E-state index contributed by atoms with van der Waals surface area (Å²) in [5, 5.41) is 5.91. The van der Waals surface area contributed by atoms with Crippen molar-refractivity contribution in [3.63, 3.8) is 0 Å². The third-order valence-electron chi connectivity index (χ3n) is 2.85. The normalized spacial score (nSPS) is 11.6. The molecule has 0 spiro atoms. The first-order valence-electron chi connectivity index (χ1n) is 6.13. The Morgan fingerprint density at radius 1 is 1.50 bits per heavy atom. The van der Waals surface area contributed by atoms with Crippen molar-refractivity contribution >= 4 is 35.3 Å². The highest BCUT2D eigenvalue weighted by Gasteiger charge is 2.11. The van der Waals surface area contributed by atoms with Gasteiger partial charge in [-0.25, -0.2) is 4.98 Å². The quantitative estimate of drug-likeness (QED) is 0.911. The number of nitrogens with two attached hydrogens (primary N) is 1. The zero-order valence-corrected chi connectivity index (χ0v) is 13.1. The number of thiazole rings is 1. The fourth-order valence-corrected chi connectivity index (χ4v) is 2.25. The molecule has 1 unspecified atom stereocenters. The summed E-state index contributed by atoms with van der Waals surface area (Å²) in [6.45, 7) is 4.13. The SMILES string of the molecule is Cc1nc(-c2cccc(NC(=O)C(C)CN)c2)cs1.Cl. The number of aryl methyl sites for hydroxylation is 1. The van der Waals surface area contributed by atoms with E-state index in [1.165, 1.54) is 0 Å². The molecule has 3 N–H and O–H groups in total. The number of carbonyl (C=O) groups is 1. The maximum Gasteiger partial charge on any atom is 0.228 e. The first kappa shape index (κ1) is 16.6. The second-order valence-electron chi connectivity index (χ2n) is 4.46. The Labute approximate surface area is 128 Å². The van der Waals surface area contributed by atoms with Crippen molar-refractivity contribution in [3.8, 4) is 11.3 Å². The maximum atomic E-state index is 11.8. The predicted molar refractivity (Wildman–Crippen MR) is 86.4 cm³/mol. The summed E-state index contributed by atoms with van der Waals surface area (Å²) in [6, 6.07) is 7.68. The highest BCUT2D eigenvalue weighted by atomic mass is 35.5. The van der Waals surface area contributed by atoms with E-state index in [9.17, 15) is 4.79 Å². The van der Waals surface area contributed by atoms with Gasteiger partial charge in [-0.2, -0.15) is 0 Å². The Balaban J connectivity index is 0.00000200. The average molecular weight is 312 g/mol. The number of aromatic nitrogens is 1. The van der Waals surface area contributed by atoms with Gasteiger partial charge in [0.05, 0.1) is 10.7 Å². The van der Waals surface area contributed by atoms with Crippen LogP contribution < -0.4 is 11.1 Å². The van der Waals surface area contributed by atoms with Gasteiger partial charge in [0, 0.05) is 29.1 Å². The molecule has 6 heteroatoms. The fraction of sp³-hybridized carbons (Fsp3) is 0.286. The molecular formula is C14H18ClN3OS. The summed E-state index contributed by atoms with van der Waals surface area (Å²) in [5.41, 5.74) is 8.19. The highest BCUT2D eigenvalue weighted by Crippen LogP contribution is 2.24. The van der Waals surface area contributed by atoms with Gasteiger partial charge in [-0.05, 0) is 19.1 Å². The van der Waals surface area contributed by atoms with Gasteiger partial charge in [0.1, 0.15) is 0 Å². The van der Waals surface area contributed by atoms with Crippen molar-refractivity contribution in [2.75, 3.05) is 11.9 Å². The summed E-state index contributed by atoms with van der Waals surface area (Å²) >= 11 is 1.61. The lowest BCUT2D eigenvalue weighted by Crippen LogP contribution is -2.26. The Morgan fingerprint density at radius 3 is 2.85 bits per heavy atom. The van der Waals surface area contributed by atoms with Gasteiger partial charge in [-0.1, -0.05) is 19.1 Å². The molecule has 1 amide bonds. The van der Waals surface area contributed by atoms with Crippen molar-refractivity contribution in [1.29, 1.82) is 0 Å². The topological polar surface area (TPSA) is 68.0 Å². The first-order valence-corrected chi connectivity index (χ1v) is 7.01. The predicted octanol–water partition coefficient (Wildman–Crippen LogP) is 3.07. The molecule has 0 aliphatic carbocycles. The molecule has 1 atom stereocenters. The molecule has 0 bridgehead atoms. The fourth-order valence-electron chi connectivity index (χ4n) is 1.62. The first-order chi connectivity index (χ1) is 9.10. The minimum atomic E-state index is -0.190. The molecule has 0 saturated carbocycles. The smallest absolute Gasteiger partial charge is 0.228 e. The van der Waals surface area contributed by atoms with E-state index >= 15 is 0 Å². The molecule has 4 nitrogen and oxygen atoms in total. The van der Waals surface area contributed by atoms with Crippen LogP contribution in [0, 0.1) is 12.8 Å². The van der Waals surface area contributed by atoms with Crippen molar-refractivity contribution in [2.45, 2.75) is 13.8 Å². The number of nitrogens with one attached hydrogen (secondary N) is 1. The van der Waals surface area contributed by atoms with Gasteiger partial charge >= 0.3 is 0 Å². The summed E-state index contributed by atoms with van der Waals surface area (Å²) in [5.74, 6) is -0.251. The van der Waals surface area contributed by atoms with Gasteiger partial charge in [-0.15, -0.1) is 23.7 Å². The molecule has 0 aliphatic rings. The molecule has 108 valence electrons. The number of rotatable bonds is 4. The zero-order valence-electron chi connectivity index (χ0n) is 11.4. The third-order valence-corrected chi connectivity index (χ3v) is 3.62. The van der Waals surface area contributed by atoms with E-state index in [0.29, 0.717) is 6.54 Å². The van der Waals surface area contributed by atoms with Crippen LogP contribution in [0.1, 0.15) is 11.9 Å². The lowest BCUT2D eigenvalue weighted by atomic mass is 10.1. The second-order valence-corrected chi connectivity index (χ2v) is 5.52. The number of anilines is 1. The van der Waals surface area contributed by atoms with Gasteiger partial charge in [0.2, 0.25) is 5.91 Å². The molecule has 20 heavy (non-hydrogen) atoms. The van der Waals surface area contributed by atoms with Gasteiger partial charge in [0.15, 0.2) is 0 Å². The van der Waals surface area contributed by atoms with E-state index in [-0.39, 0.29) is 24.2 Å². The molecule has 1 aromatic carbocycles. The van der Waals surface area contributed by atoms with Gasteiger partial charge in [-0.3, -0.25) is 4.79 Å². The number of hydrogen-bond acceptors (Lipinski definition) is 4. The van der Waals surface area contributed by atoms with Crippen LogP contribution in [0.5, 0.6) is 0 Å².